The standard InChI is InChI=1S/C12H9BrClN3/c13-10-6-4-9(5-7-10)8-15-17-12-3-1-2-11(14)16-12/h1-8H,(H,16,17). The Balaban J connectivity index is 2.00. The van der Waals surface area contributed by atoms with Gasteiger partial charge in [0.2, 0.25) is 0 Å². The van der Waals surface area contributed by atoms with Crippen LogP contribution in [0.25, 0.3) is 0 Å². The molecule has 0 radical (unpaired) electrons. The van der Waals surface area contributed by atoms with Gasteiger partial charge in [-0.2, -0.15) is 5.10 Å². The zero-order chi connectivity index (χ0) is 12.1. The van der Waals surface area contributed by atoms with Crippen LogP contribution in [-0.2, 0) is 0 Å². The summed E-state index contributed by atoms with van der Waals surface area (Å²) in [6.45, 7) is 0. The molecule has 86 valence electrons. The van der Waals surface area contributed by atoms with Crippen LogP contribution >= 0.6 is 27.5 Å². The van der Waals surface area contributed by atoms with Crippen LogP contribution in [0.5, 0.6) is 0 Å². The molecule has 0 aliphatic carbocycles. The number of nitrogens with zero attached hydrogens (tertiary/aromatic N) is 2. The molecule has 0 unspecified atom stereocenters. The molecule has 1 N–H and O–H groups in total. The van der Waals surface area contributed by atoms with Gasteiger partial charge in [0.05, 0.1) is 6.21 Å². The molecule has 1 aromatic heterocycles. The second-order valence-electron chi connectivity index (χ2n) is 3.27. The normalized spacial score (nSPS) is 10.7. The first-order valence-corrected chi connectivity index (χ1v) is 6.08. The van der Waals surface area contributed by atoms with Crippen LogP contribution in [0.1, 0.15) is 5.56 Å². The molecule has 1 heterocycles. The van der Waals surface area contributed by atoms with E-state index in [0.29, 0.717) is 11.0 Å². The Morgan fingerprint density at radius 1 is 1.18 bits per heavy atom. The van der Waals surface area contributed by atoms with E-state index in [0.717, 1.165) is 10.0 Å². The van der Waals surface area contributed by atoms with Gasteiger partial charge in [0, 0.05) is 4.47 Å². The van der Waals surface area contributed by atoms with E-state index in [1.807, 2.05) is 30.3 Å². The fraction of sp³-hybridized carbons (Fsp3) is 0. The Morgan fingerprint density at radius 3 is 2.65 bits per heavy atom. The molecule has 0 fully saturated rings. The van der Waals surface area contributed by atoms with Gasteiger partial charge in [-0.05, 0) is 29.8 Å². The van der Waals surface area contributed by atoms with E-state index in [1.54, 1.807) is 18.3 Å². The number of benzene rings is 1. The van der Waals surface area contributed by atoms with Gasteiger partial charge in [-0.3, -0.25) is 5.43 Å². The molecule has 0 bridgehead atoms. The van der Waals surface area contributed by atoms with Gasteiger partial charge in [0.1, 0.15) is 11.0 Å². The summed E-state index contributed by atoms with van der Waals surface area (Å²) >= 11 is 9.12. The summed E-state index contributed by atoms with van der Waals surface area (Å²) in [5.74, 6) is 0.617. The van der Waals surface area contributed by atoms with E-state index in [4.69, 9.17) is 11.6 Å². The van der Waals surface area contributed by atoms with E-state index in [9.17, 15) is 0 Å². The number of hydrogen-bond donors (Lipinski definition) is 1. The molecular formula is C12H9BrClN3. The maximum Gasteiger partial charge on any atom is 0.147 e. The number of rotatable bonds is 3. The number of nitrogens with one attached hydrogen (secondary N) is 1. The third-order valence-corrected chi connectivity index (χ3v) is 2.72. The van der Waals surface area contributed by atoms with E-state index < -0.39 is 0 Å². The molecule has 5 heteroatoms. The predicted octanol–water partition coefficient (Wildman–Crippen LogP) is 3.94. The molecule has 3 nitrogen and oxygen atoms in total. The maximum atomic E-state index is 5.75. The van der Waals surface area contributed by atoms with E-state index in [-0.39, 0.29) is 0 Å². The highest BCUT2D eigenvalue weighted by Crippen LogP contribution is 2.10. The lowest BCUT2D eigenvalue weighted by Gasteiger charge is -1.98. The van der Waals surface area contributed by atoms with Gasteiger partial charge < -0.3 is 0 Å². The van der Waals surface area contributed by atoms with Crippen molar-refractivity contribution in [3.05, 3.63) is 57.7 Å². The number of pyridine rings is 1. The fourth-order valence-corrected chi connectivity index (χ4v) is 1.62. The lowest BCUT2D eigenvalue weighted by Crippen LogP contribution is -1.93. The van der Waals surface area contributed by atoms with Gasteiger partial charge in [0.25, 0.3) is 0 Å². The van der Waals surface area contributed by atoms with Crippen LogP contribution < -0.4 is 5.43 Å². The van der Waals surface area contributed by atoms with Gasteiger partial charge in [-0.25, -0.2) is 4.98 Å². The average Bonchev–Trinajstić information content (AvgIpc) is 2.32. The first-order valence-electron chi connectivity index (χ1n) is 4.91. The molecule has 0 amide bonds. The van der Waals surface area contributed by atoms with Crippen molar-refractivity contribution in [2.24, 2.45) is 5.10 Å². The third-order valence-electron chi connectivity index (χ3n) is 1.98. The maximum absolute atomic E-state index is 5.75. The molecule has 0 saturated heterocycles. The molecule has 0 aliphatic rings. The van der Waals surface area contributed by atoms with Crippen LogP contribution in [0, 0.1) is 0 Å². The number of aromatic nitrogens is 1. The zero-order valence-corrected chi connectivity index (χ0v) is 11.1. The van der Waals surface area contributed by atoms with Gasteiger partial charge in [-0.15, -0.1) is 0 Å². The van der Waals surface area contributed by atoms with E-state index in [1.165, 1.54) is 0 Å². The SMILES string of the molecule is Clc1cccc(NN=Cc2ccc(Br)cc2)n1. The Kier molecular flexibility index (Phi) is 4.12. The lowest BCUT2D eigenvalue weighted by molar-refractivity contribution is 1.23. The molecule has 17 heavy (non-hydrogen) atoms. The molecule has 2 rings (SSSR count). The largest absolute Gasteiger partial charge is 0.261 e. The van der Waals surface area contributed by atoms with Gasteiger partial charge in [0.15, 0.2) is 0 Å². The molecule has 0 saturated carbocycles. The zero-order valence-electron chi connectivity index (χ0n) is 8.77. The van der Waals surface area contributed by atoms with Crippen molar-refractivity contribution in [2.75, 3.05) is 5.43 Å². The summed E-state index contributed by atoms with van der Waals surface area (Å²) in [6, 6.07) is 13.2. The van der Waals surface area contributed by atoms with Crippen LogP contribution in [-0.4, -0.2) is 11.2 Å². The van der Waals surface area contributed by atoms with Crippen molar-refractivity contribution < 1.29 is 0 Å². The second-order valence-corrected chi connectivity index (χ2v) is 4.57. The van der Waals surface area contributed by atoms with E-state index >= 15 is 0 Å². The summed E-state index contributed by atoms with van der Waals surface area (Å²) < 4.78 is 1.04. The van der Waals surface area contributed by atoms with Crippen molar-refractivity contribution in [1.82, 2.24) is 4.98 Å². The minimum atomic E-state index is 0.439. The Labute approximate surface area is 113 Å². The van der Waals surface area contributed by atoms with E-state index in [2.05, 4.69) is 31.4 Å². The summed E-state index contributed by atoms with van der Waals surface area (Å²) in [6.07, 6.45) is 1.72. The van der Waals surface area contributed by atoms with Crippen molar-refractivity contribution in [3.63, 3.8) is 0 Å². The highest BCUT2D eigenvalue weighted by Gasteiger charge is 1.92. The first-order chi connectivity index (χ1) is 8.24. The monoisotopic (exact) mass is 309 g/mol. The van der Waals surface area contributed by atoms with Crippen molar-refractivity contribution in [3.8, 4) is 0 Å². The van der Waals surface area contributed by atoms with Crippen LogP contribution in [0.2, 0.25) is 5.15 Å². The molecule has 0 aliphatic heterocycles. The molecule has 1 aromatic carbocycles. The molecule has 2 aromatic rings. The smallest absolute Gasteiger partial charge is 0.147 e. The summed E-state index contributed by atoms with van der Waals surface area (Å²) in [5.41, 5.74) is 3.81. The van der Waals surface area contributed by atoms with Gasteiger partial charge in [-0.1, -0.05) is 45.7 Å². The molecule has 0 spiro atoms. The Morgan fingerprint density at radius 2 is 1.94 bits per heavy atom. The topological polar surface area (TPSA) is 37.3 Å². The third kappa shape index (κ3) is 3.84. The van der Waals surface area contributed by atoms with Crippen molar-refractivity contribution >= 4 is 39.6 Å². The second kappa shape index (κ2) is 5.80. The highest BCUT2D eigenvalue weighted by atomic mass is 79.9. The minimum absolute atomic E-state index is 0.439. The van der Waals surface area contributed by atoms with Crippen molar-refractivity contribution in [1.29, 1.82) is 0 Å². The van der Waals surface area contributed by atoms with Gasteiger partial charge >= 0.3 is 0 Å². The first kappa shape index (κ1) is 12.1. The lowest BCUT2D eigenvalue weighted by atomic mass is 10.2. The number of hydrogen-bond acceptors (Lipinski definition) is 3. The van der Waals surface area contributed by atoms with Crippen molar-refractivity contribution in [2.45, 2.75) is 0 Å². The number of hydrazone groups is 1. The summed E-state index contributed by atoms with van der Waals surface area (Å²) in [5, 5.41) is 4.51. The summed E-state index contributed by atoms with van der Waals surface area (Å²) in [7, 11) is 0. The summed E-state index contributed by atoms with van der Waals surface area (Å²) in [4.78, 5) is 4.05. The minimum Gasteiger partial charge on any atom is -0.261 e. The number of anilines is 1. The Hall–Kier alpha value is -1.39. The quantitative estimate of drug-likeness (QED) is 0.529. The number of halogens is 2. The Bertz CT molecular complexity index is 526. The van der Waals surface area contributed by atoms with Crippen LogP contribution in [0.3, 0.4) is 0 Å². The van der Waals surface area contributed by atoms with Crippen LogP contribution in [0.4, 0.5) is 5.82 Å². The molecule has 0 atom stereocenters. The molecular weight excluding hydrogens is 302 g/mol. The highest BCUT2D eigenvalue weighted by molar-refractivity contribution is 9.10. The fourth-order valence-electron chi connectivity index (χ4n) is 1.19. The predicted molar refractivity (Wildman–Crippen MR) is 74.6 cm³/mol. The average molecular weight is 311 g/mol. The van der Waals surface area contributed by atoms with Crippen LogP contribution in [0.15, 0.2) is 52.0 Å².